The van der Waals surface area contributed by atoms with Gasteiger partial charge in [0.15, 0.2) is 5.78 Å². The third-order valence-corrected chi connectivity index (χ3v) is 2.11. The van der Waals surface area contributed by atoms with Gasteiger partial charge in [-0.1, -0.05) is 6.08 Å². The standard InChI is InChI=1S/C12H11F3O2/c1-3-4-10(16)8-5-6-11(17-2)9(7-8)12(13,14)15/h3-7H,1-2H3/b4-3+. The van der Waals surface area contributed by atoms with Crippen LogP contribution in [0.15, 0.2) is 30.4 Å². The smallest absolute Gasteiger partial charge is 0.419 e. The number of rotatable bonds is 3. The second-order valence-electron chi connectivity index (χ2n) is 3.28. The first-order valence-corrected chi connectivity index (χ1v) is 4.82. The molecule has 2 nitrogen and oxygen atoms in total. The normalized spacial score (nSPS) is 11.8. The minimum atomic E-state index is -4.54. The highest BCUT2D eigenvalue weighted by Crippen LogP contribution is 2.36. The van der Waals surface area contributed by atoms with Crippen LogP contribution in [0.3, 0.4) is 0 Å². The number of alkyl halides is 3. The van der Waals surface area contributed by atoms with Crippen molar-refractivity contribution in [3.63, 3.8) is 0 Å². The molecule has 0 amide bonds. The molecule has 0 spiro atoms. The van der Waals surface area contributed by atoms with E-state index in [0.717, 1.165) is 19.2 Å². The summed E-state index contributed by atoms with van der Waals surface area (Å²) in [4.78, 5) is 11.4. The molecule has 92 valence electrons. The van der Waals surface area contributed by atoms with Crippen molar-refractivity contribution in [1.82, 2.24) is 0 Å². The van der Waals surface area contributed by atoms with E-state index in [0.29, 0.717) is 0 Å². The molecule has 0 aliphatic carbocycles. The van der Waals surface area contributed by atoms with E-state index in [4.69, 9.17) is 0 Å². The van der Waals surface area contributed by atoms with E-state index in [1.54, 1.807) is 6.92 Å². The molecular formula is C12H11F3O2. The van der Waals surface area contributed by atoms with Crippen molar-refractivity contribution < 1.29 is 22.7 Å². The molecule has 0 atom stereocenters. The zero-order valence-electron chi connectivity index (χ0n) is 9.34. The summed E-state index contributed by atoms with van der Waals surface area (Å²) in [5, 5.41) is 0. The third-order valence-electron chi connectivity index (χ3n) is 2.11. The van der Waals surface area contributed by atoms with Gasteiger partial charge in [-0.05, 0) is 31.2 Å². The van der Waals surface area contributed by atoms with E-state index in [1.807, 2.05) is 0 Å². The van der Waals surface area contributed by atoms with Crippen LogP contribution < -0.4 is 4.74 Å². The predicted octanol–water partition coefficient (Wildman–Crippen LogP) is 3.47. The molecule has 0 unspecified atom stereocenters. The van der Waals surface area contributed by atoms with Gasteiger partial charge in [0.25, 0.3) is 0 Å². The van der Waals surface area contributed by atoms with Crippen molar-refractivity contribution in [1.29, 1.82) is 0 Å². The van der Waals surface area contributed by atoms with E-state index in [-0.39, 0.29) is 11.3 Å². The van der Waals surface area contributed by atoms with Crippen molar-refractivity contribution in [3.8, 4) is 5.75 Å². The van der Waals surface area contributed by atoms with Crippen molar-refractivity contribution in [3.05, 3.63) is 41.5 Å². The van der Waals surface area contributed by atoms with Gasteiger partial charge in [-0.25, -0.2) is 0 Å². The number of ether oxygens (including phenoxy) is 1. The maximum absolute atomic E-state index is 12.7. The molecule has 17 heavy (non-hydrogen) atoms. The Hall–Kier alpha value is -1.78. The van der Waals surface area contributed by atoms with Crippen LogP contribution in [0.4, 0.5) is 13.2 Å². The van der Waals surface area contributed by atoms with Crippen LogP contribution in [0.5, 0.6) is 5.75 Å². The van der Waals surface area contributed by atoms with Crippen molar-refractivity contribution >= 4 is 5.78 Å². The summed E-state index contributed by atoms with van der Waals surface area (Å²) in [6.07, 6.45) is -1.86. The first-order valence-electron chi connectivity index (χ1n) is 4.82. The fourth-order valence-electron chi connectivity index (χ4n) is 1.33. The molecule has 0 heterocycles. The van der Waals surface area contributed by atoms with Crippen LogP contribution in [-0.4, -0.2) is 12.9 Å². The number of ketones is 1. The summed E-state index contributed by atoms with van der Waals surface area (Å²) in [5.41, 5.74) is -0.966. The largest absolute Gasteiger partial charge is 0.496 e. The second-order valence-corrected chi connectivity index (χ2v) is 3.28. The van der Waals surface area contributed by atoms with Gasteiger partial charge in [0.2, 0.25) is 0 Å². The number of benzene rings is 1. The molecule has 1 rings (SSSR count). The van der Waals surface area contributed by atoms with Gasteiger partial charge in [0, 0.05) is 5.56 Å². The summed E-state index contributed by atoms with van der Waals surface area (Å²) >= 11 is 0. The number of hydrogen-bond donors (Lipinski definition) is 0. The summed E-state index contributed by atoms with van der Waals surface area (Å²) in [7, 11) is 1.15. The Morgan fingerprint density at radius 3 is 2.47 bits per heavy atom. The van der Waals surface area contributed by atoms with Gasteiger partial charge in [-0.15, -0.1) is 0 Å². The second kappa shape index (κ2) is 5.03. The monoisotopic (exact) mass is 244 g/mol. The van der Waals surface area contributed by atoms with Gasteiger partial charge in [0.1, 0.15) is 5.75 Å². The van der Waals surface area contributed by atoms with Crippen LogP contribution in [0.2, 0.25) is 0 Å². The molecule has 0 N–H and O–H groups in total. The maximum atomic E-state index is 12.7. The van der Waals surface area contributed by atoms with Crippen LogP contribution in [-0.2, 0) is 6.18 Å². The van der Waals surface area contributed by atoms with E-state index >= 15 is 0 Å². The van der Waals surface area contributed by atoms with Gasteiger partial charge in [-0.3, -0.25) is 4.79 Å². The van der Waals surface area contributed by atoms with Crippen molar-refractivity contribution in [2.24, 2.45) is 0 Å². The fraction of sp³-hybridized carbons (Fsp3) is 0.250. The van der Waals surface area contributed by atoms with Crippen LogP contribution in [0.1, 0.15) is 22.8 Å². The number of methoxy groups -OCH3 is 1. The summed E-state index contributed by atoms with van der Waals surface area (Å²) in [6, 6.07) is 3.23. The average molecular weight is 244 g/mol. The zero-order chi connectivity index (χ0) is 13.1. The number of carbonyl (C=O) groups excluding carboxylic acids is 1. The predicted molar refractivity (Wildman–Crippen MR) is 57.1 cm³/mol. The molecule has 5 heteroatoms. The highest BCUT2D eigenvalue weighted by atomic mass is 19.4. The number of allylic oxidation sites excluding steroid dienone is 2. The Bertz CT molecular complexity index is 448. The van der Waals surface area contributed by atoms with Crippen LogP contribution in [0, 0.1) is 0 Å². The average Bonchev–Trinajstić information content (AvgIpc) is 2.27. The first-order chi connectivity index (χ1) is 7.90. The quantitative estimate of drug-likeness (QED) is 0.601. The Morgan fingerprint density at radius 2 is 2.00 bits per heavy atom. The highest BCUT2D eigenvalue weighted by Gasteiger charge is 2.34. The first kappa shape index (κ1) is 13.3. The number of carbonyl (C=O) groups is 1. The Kier molecular flexibility index (Phi) is 3.93. The lowest BCUT2D eigenvalue weighted by molar-refractivity contribution is -0.138. The SMILES string of the molecule is C/C=C/C(=O)c1ccc(OC)c(C(F)(F)F)c1. The highest BCUT2D eigenvalue weighted by molar-refractivity contribution is 6.04. The Morgan fingerprint density at radius 1 is 1.35 bits per heavy atom. The molecule has 0 saturated carbocycles. The summed E-state index contributed by atoms with van der Waals surface area (Å²) in [5.74, 6) is -0.768. The summed E-state index contributed by atoms with van der Waals surface area (Å²) < 4.78 is 42.6. The van der Waals surface area contributed by atoms with Gasteiger partial charge >= 0.3 is 6.18 Å². The molecule has 0 aliphatic rings. The molecule has 1 aromatic rings. The van der Waals surface area contributed by atoms with E-state index in [2.05, 4.69) is 4.74 Å². The lowest BCUT2D eigenvalue weighted by Crippen LogP contribution is -2.09. The Labute approximate surface area is 96.7 Å². The minimum Gasteiger partial charge on any atom is -0.496 e. The lowest BCUT2D eigenvalue weighted by Gasteiger charge is -2.12. The van der Waals surface area contributed by atoms with E-state index in [1.165, 1.54) is 18.2 Å². The maximum Gasteiger partial charge on any atom is 0.419 e. The fourth-order valence-corrected chi connectivity index (χ4v) is 1.33. The molecule has 0 bridgehead atoms. The lowest BCUT2D eigenvalue weighted by atomic mass is 10.1. The third kappa shape index (κ3) is 3.09. The molecule has 0 aromatic heterocycles. The minimum absolute atomic E-state index is 0.0174. The molecule has 0 fully saturated rings. The van der Waals surface area contributed by atoms with E-state index < -0.39 is 17.5 Å². The number of hydrogen-bond acceptors (Lipinski definition) is 2. The molecule has 0 saturated heterocycles. The van der Waals surface area contributed by atoms with E-state index in [9.17, 15) is 18.0 Å². The zero-order valence-corrected chi connectivity index (χ0v) is 9.34. The van der Waals surface area contributed by atoms with Gasteiger partial charge in [0.05, 0.1) is 12.7 Å². The molecule has 0 aliphatic heterocycles. The topological polar surface area (TPSA) is 26.3 Å². The molecule has 0 radical (unpaired) electrons. The van der Waals surface area contributed by atoms with Crippen LogP contribution >= 0.6 is 0 Å². The Balaban J connectivity index is 3.27. The van der Waals surface area contributed by atoms with Crippen molar-refractivity contribution in [2.75, 3.05) is 7.11 Å². The van der Waals surface area contributed by atoms with Crippen LogP contribution in [0.25, 0.3) is 0 Å². The molecule has 1 aromatic carbocycles. The van der Waals surface area contributed by atoms with Gasteiger partial charge in [-0.2, -0.15) is 13.2 Å². The molecular weight excluding hydrogens is 233 g/mol. The van der Waals surface area contributed by atoms with Gasteiger partial charge < -0.3 is 4.74 Å². The van der Waals surface area contributed by atoms with Crippen molar-refractivity contribution in [2.45, 2.75) is 13.1 Å². The number of halogens is 3. The summed E-state index contributed by atoms with van der Waals surface area (Å²) in [6.45, 7) is 1.62.